The molecular formula is C32H38N5O3+. The number of allylic oxidation sites excluding steroid dienone is 1. The normalized spacial score (nSPS) is 15.7. The molecule has 0 saturated carbocycles. The van der Waals surface area contributed by atoms with Gasteiger partial charge in [0, 0.05) is 55.4 Å². The van der Waals surface area contributed by atoms with Crippen molar-refractivity contribution in [2.24, 2.45) is 10.8 Å². The number of amides is 2. The number of hydrogen-bond donors (Lipinski definition) is 3. The summed E-state index contributed by atoms with van der Waals surface area (Å²) < 4.78 is 2.00. The first-order valence-corrected chi connectivity index (χ1v) is 13.7. The summed E-state index contributed by atoms with van der Waals surface area (Å²) in [6.07, 6.45) is 8.50. The van der Waals surface area contributed by atoms with Crippen LogP contribution in [-0.2, 0) is 21.4 Å². The van der Waals surface area contributed by atoms with E-state index in [1.807, 2.05) is 23.0 Å². The maximum atomic E-state index is 12.6. The van der Waals surface area contributed by atoms with Gasteiger partial charge < -0.3 is 16.2 Å². The van der Waals surface area contributed by atoms with Crippen molar-refractivity contribution in [2.45, 2.75) is 70.4 Å². The molecule has 3 aromatic rings. The van der Waals surface area contributed by atoms with Crippen LogP contribution < -0.4 is 11.1 Å². The van der Waals surface area contributed by atoms with Gasteiger partial charge in [0.15, 0.2) is 6.04 Å². The molecule has 2 atom stereocenters. The predicted octanol–water partition coefficient (Wildman–Crippen LogP) is 5.59. The topological polar surface area (TPSA) is 121 Å². The number of azo groups is 2. The number of nitrogens with one attached hydrogen (secondary N) is 1. The molecule has 2 unspecified atom stereocenters. The van der Waals surface area contributed by atoms with Crippen molar-refractivity contribution in [1.29, 1.82) is 0 Å². The first kappa shape index (κ1) is 28.7. The van der Waals surface area contributed by atoms with Crippen LogP contribution in [-0.4, -0.2) is 32.6 Å². The maximum Gasteiger partial charge on any atom is 0.240 e. The van der Waals surface area contributed by atoms with Crippen LogP contribution in [0.2, 0.25) is 0 Å². The third kappa shape index (κ3) is 7.62. The van der Waals surface area contributed by atoms with Crippen molar-refractivity contribution in [3.05, 3.63) is 102 Å². The number of phenolic OH excluding ortho intramolecular Hbond substituents is 1. The zero-order valence-corrected chi connectivity index (χ0v) is 23.4. The van der Waals surface area contributed by atoms with E-state index in [9.17, 15) is 14.7 Å². The van der Waals surface area contributed by atoms with Crippen molar-refractivity contribution in [3.63, 3.8) is 0 Å². The molecule has 4 rings (SSSR count). The van der Waals surface area contributed by atoms with Gasteiger partial charge in [-0.15, -0.1) is 0 Å². The summed E-state index contributed by atoms with van der Waals surface area (Å²) >= 11 is 0. The van der Waals surface area contributed by atoms with Crippen LogP contribution in [0.25, 0.3) is 0 Å². The molecule has 0 spiro atoms. The van der Waals surface area contributed by atoms with Gasteiger partial charge >= 0.3 is 0 Å². The van der Waals surface area contributed by atoms with Gasteiger partial charge in [-0.3, -0.25) is 14.6 Å². The lowest BCUT2D eigenvalue weighted by Crippen LogP contribution is -2.45. The molecule has 1 aromatic heterocycles. The average Bonchev–Trinajstić information content (AvgIpc) is 3.36. The number of aromatic hydroxyl groups is 1. The standard InChI is InChI=1S/C32H37N5O3/c1-32(2,3)24-12-14-25(15-13-24)37-26(20-28(36-37)23-7-6-18-34-21-23)8-4-5-9-30(39)35-29(31(33)40)19-22-10-16-27(38)17-11-22/h6-7,10-18,20-21,28-29H,4-5,8-9,19H2,1-3H3,(H3-,33,35,38,39,40)/p+1. The van der Waals surface area contributed by atoms with Crippen LogP contribution in [0.1, 0.15) is 69.2 Å². The Kier molecular flexibility index (Phi) is 9.09. The Balaban J connectivity index is 1.37. The number of rotatable bonds is 11. The summed E-state index contributed by atoms with van der Waals surface area (Å²) in [5, 5.41) is 17.2. The van der Waals surface area contributed by atoms with Gasteiger partial charge in [-0.05, 0) is 52.7 Å². The Morgan fingerprint density at radius 1 is 1.05 bits per heavy atom. The van der Waals surface area contributed by atoms with Gasteiger partial charge in [0.1, 0.15) is 11.8 Å². The highest BCUT2D eigenvalue weighted by Crippen LogP contribution is 2.34. The van der Waals surface area contributed by atoms with E-state index in [2.05, 4.69) is 61.4 Å². The second-order valence-electron chi connectivity index (χ2n) is 11.2. The van der Waals surface area contributed by atoms with E-state index in [-0.39, 0.29) is 36.0 Å². The van der Waals surface area contributed by atoms with Crippen molar-refractivity contribution in [2.75, 3.05) is 0 Å². The molecule has 2 aromatic carbocycles. The second-order valence-corrected chi connectivity index (χ2v) is 11.2. The molecule has 1 aliphatic heterocycles. The summed E-state index contributed by atoms with van der Waals surface area (Å²) in [5.74, 6) is -0.662. The number of benzene rings is 2. The number of aromatic nitrogens is 1. The van der Waals surface area contributed by atoms with E-state index in [0.717, 1.165) is 35.4 Å². The first-order chi connectivity index (χ1) is 19.1. The van der Waals surface area contributed by atoms with E-state index in [0.29, 0.717) is 6.42 Å². The maximum absolute atomic E-state index is 12.6. The number of primary amides is 1. The Morgan fingerprint density at radius 3 is 2.40 bits per heavy atom. The Labute approximate surface area is 235 Å². The lowest BCUT2D eigenvalue weighted by atomic mass is 9.87. The number of unbranched alkanes of at least 4 members (excludes halogenated alkanes) is 1. The minimum atomic E-state index is -0.805. The molecule has 2 amide bonds. The second kappa shape index (κ2) is 12.7. The van der Waals surface area contributed by atoms with Crippen LogP contribution in [0.4, 0.5) is 5.69 Å². The number of carbonyl (C=O) groups is 2. The van der Waals surface area contributed by atoms with Crippen molar-refractivity contribution in [3.8, 4) is 5.75 Å². The van der Waals surface area contributed by atoms with Crippen molar-refractivity contribution >= 4 is 17.5 Å². The van der Waals surface area contributed by atoms with Crippen LogP contribution >= 0.6 is 0 Å². The Hall–Kier alpha value is -4.33. The molecule has 0 bridgehead atoms. The van der Waals surface area contributed by atoms with Gasteiger partial charge in [-0.1, -0.05) is 55.8 Å². The molecule has 0 aliphatic carbocycles. The van der Waals surface area contributed by atoms with Crippen LogP contribution in [0.15, 0.2) is 89.9 Å². The minimum absolute atomic E-state index is 0.0652. The summed E-state index contributed by atoms with van der Waals surface area (Å²) in [7, 11) is 0. The van der Waals surface area contributed by atoms with E-state index in [1.54, 1.807) is 30.5 Å². The predicted molar refractivity (Wildman–Crippen MR) is 154 cm³/mol. The van der Waals surface area contributed by atoms with Gasteiger partial charge in [0.05, 0.1) is 0 Å². The molecule has 40 heavy (non-hydrogen) atoms. The summed E-state index contributed by atoms with van der Waals surface area (Å²) in [6, 6.07) is 18.0. The third-order valence-electron chi connectivity index (χ3n) is 7.01. The van der Waals surface area contributed by atoms with E-state index in [4.69, 9.17) is 10.8 Å². The third-order valence-corrected chi connectivity index (χ3v) is 7.01. The number of carbonyl (C=O) groups excluding carboxylic acids is 2. The SMILES string of the molecule is CC(C)(C)c1ccc([N+]2=NC(c3cccnc3)C=C2CCCCC(=O)NC(Cc2ccc(O)cc2)C(N)=O)cc1. The molecule has 4 N–H and O–H groups in total. The number of pyridine rings is 1. The smallest absolute Gasteiger partial charge is 0.240 e. The highest BCUT2D eigenvalue weighted by molar-refractivity contribution is 5.86. The largest absolute Gasteiger partial charge is 0.508 e. The lowest BCUT2D eigenvalue weighted by molar-refractivity contribution is -0.459. The van der Waals surface area contributed by atoms with Crippen LogP contribution in [0, 0.1) is 0 Å². The molecule has 8 heteroatoms. The summed E-state index contributed by atoms with van der Waals surface area (Å²) in [4.78, 5) is 28.8. The number of phenols is 1. The molecule has 2 heterocycles. The zero-order chi connectivity index (χ0) is 28.7. The fourth-order valence-electron chi connectivity index (χ4n) is 4.67. The van der Waals surface area contributed by atoms with Crippen LogP contribution in [0.5, 0.6) is 5.75 Å². The van der Waals surface area contributed by atoms with Gasteiger partial charge in [-0.25, -0.2) is 0 Å². The number of hydrogen-bond acceptors (Lipinski definition) is 5. The Morgan fingerprint density at radius 2 is 1.77 bits per heavy atom. The van der Waals surface area contributed by atoms with E-state index >= 15 is 0 Å². The highest BCUT2D eigenvalue weighted by atomic mass is 16.3. The molecule has 208 valence electrons. The summed E-state index contributed by atoms with van der Waals surface area (Å²) in [6.45, 7) is 6.59. The van der Waals surface area contributed by atoms with E-state index in [1.165, 1.54) is 5.56 Å². The molecule has 0 fully saturated rings. The molecule has 0 saturated heterocycles. The Bertz CT molecular complexity index is 1370. The van der Waals surface area contributed by atoms with Crippen molar-refractivity contribution in [1.82, 2.24) is 10.3 Å². The quantitative estimate of drug-likeness (QED) is 0.217. The fourth-order valence-corrected chi connectivity index (χ4v) is 4.67. The minimum Gasteiger partial charge on any atom is -0.508 e. The van der Waals surface area contributed by atoms with Gasteiger partial charge in [-0.2, -0.15) is 0 Å². The summed E-state index contributed by atoms with van der Waals surface area (Å²) in [5.41, 5.74) is 10.8. The van der Waals surface area contributed by atoms with Crippen LogP contribution in [0.3, 0.4) is 0 Å². The molecule has 0 radical (unpaired) electrons. The number of nitrogens with two attached hydrogens (primary N) is 1. The number of nitrogens with zero attached hydrogens (tertiary/aromatic N) is 3. The lowest BCUT2D eigenvalue weighted by Gasteiger charge is -2.18. The van der Waals surface area contributed by atoms with E-state index < -0.39 is 11.9 Å². The molecule has 8 nitrogen and oxygen atoms in total. The molecular weight excluding hydrogens is 502 g/mol. The fraction of sp³-hybridized carbons (Fsp3) is 0.344. The first-order valence-electron chi connectivity index (χ1n) is 13.7. The average molecular weight is 541 g/mol. The monoisotopic (exact) mass is 540 g/mol. The van der Waals surface area contributed by atoms with Crippen molar-refractivity contribution < 1.29 is 19.4 Å². The highest BCUT2D eigenvalue weighted by Gasteiger charge is 2.30. The zero-order valence-electron chi connectivity index (χ0n) is 23.4. The molecule has 1 aliphatic rings. The van der Waals surface area contributed by atoms with Gasteiger partial charge in [0.2, 0.25) is 23.2 Å². The van der Waals surface area contributed by atoms with Gasteiger partial charge in [0.25, 0.3) is 0 Å².